The van der Waals surface area contributed by atoms with Crippen molar-refractivity contribution in [3.05, 3.63) is 35.9 Å². The minimum Gasteiger partial charge on any atom is -0.341 e. The molecule has 4 saturated carbocycles. The summed E-state index contributed by atoms with van der Waals surface area (Å²) in [6, 6.07) is 13.0. The number of piperidine rings is 1. The number of likely N-dealkylation sites (tertiary alicyclic amines) is 1. The highest BCUT2D eigenvalue weighted by Gasteiger charge is 2.50. The lowest BCUT2D eigenvalue weighted by Gasteiger charge is -2.53. The van der Waals surface area contributed by atoms with Gasteiger partial charge in [-0.05, 0) is 43.9 Å². The Morgan fingerprint density at radius 1 is 0.833 bits per heavy atom. The van der Waals surface area contributed by atoms with Crippen LogP contribution in [0.5, 0.6) is 0 Å². The van der Waals surface area contributed by atoms with Crippen molar-refractivity contribution in [3.8, 4) is 0 Å². The Balaban J connectivity index is 1.14. The van der Waals surface area contributed by atoms with Crippen molar-refractivity contribution >= 4 is 0 Å². The van der Waals surface area contributed by atoms with E-state index in [9.17, 15) is 0 Å². The monoisotopic (exact) mass is 326 g/mol. The van der Waals surface area contributed by atoms with Gasteiger partial charge in [0.05, 0.1) is 25.2 Å². The molecule has 0 unspecified atom stereocenters. The van der Waals surface area contributed by atoms with Crippen LogP contribution in [0.3, 0.4) is 0 Å². The summed E-state index contributed by atoms with van der Waals surface area (Å²) < 4.78 is 0. The van der Waals surface area contributed by atoms with E-state index in [1.54, 1.807) is 37.0 Å². The Morgan fingerprint density at radius 2 is 1.46 bits per heavy atom. The average molecular weight is 327 g/mol. The maximum Gasteiger partial charge on any atom is 0.103 e. The topological polar surface area (TPSA) is 21.1 Å². The lowest BCUT2D eigenvalue weighted by molar-refractivity contribution is -0.927. The molecule has 4 bridgehead atoms. The average Bonchev–Trinajstić information content (AvgIpc) is 2.60. The Bertz CT molecular complexity index is 518. The molecule has 5 fully saturated rings. The van der Waals surface area contributed by atoms with E-state index in [1.165, 1.54) is 38.0 Å². The van der Waals surface area contributed by atoms with Gasteiger partial charge in [0, 0.05) is 30.2 Å². The molecular formula is C22H34N2+2. The largest absolute Gasteiger partial charge is 0.341 e. The number of hydrogen-bond donors (Lipinski definition) is 2. The highest BCUT2D eigenvalue weighted by molar-refractivity contribution is 5.13. The second kappa shape index (κ2) is 6.46. The molecule has 0 atom stereocenters. The maximum atomic E-state index is 2.88. The van der Waals surface area contributed by atoms with Crippen LogP contribution in [0.25, 0.3) is 0 Å². The molecule has 3 N–H and O–H groups in total. The summed E-state index contributed by atoms with van der Waals surface area (Å²) in [7, 11) is 0. The van der Waals surface area contributed by atoms with Gasteiger partial charge in [0.15, 0.2) is 0 Å². The molecule has 0 amide bonds. The molecule has 6 rings (SSSR count). The van der Waals surface area contributed by atoms with Crippen LogP contribution < -0.4 is 10.2 Å². The van der Waals surface area contributed by atoms with Gasteiger partial charge >= 0.3 is 0 Å². The summed E-state index contributed by atoms with van der Waals surface area (Å²) in [6.45, 7) is 3.98. The lowest BCUT2D eigenvalue weighted by atomic mass is 9.54. The van der Waals surface area contributed by atoms with Crippen molar-refractivity contribution in [2.45, 2.75) is 63.6 Å². The molecule has 0 aromatic heterocycles. The van der Waals surface area contributed by atoms with Crippen LogP contribution in [0.2, 0.25) is 0 Å². The second-order valence-corrected chi connectivity index (χ2v) is 9.45. The van der Waals surface area contributed by atoms with Gasteiger partial charge < -0.3 is 10.2 Å². The normalized spacial score (nSPS) is 43.9. The molecule has 130 valence electrons. The van der Waals surface area contributed by atoms with Crippen molar-refractivity contribution in [2.75, 3.05) is 13.1 Å². The highest BCUT2D eigenvalue weighted by atomic mass is 15.1. The second-order valence-electron chi connectivity index (χ2n) is 9.45. The molecule has 0 radical (unpaired) electrons. The molecule has 2 heteroatoms. The summed E-state index contributed by atoms with van der Waals surface area (Å²) in [5.74, 6) is 4.40. The van der Waals surface area contributed by atoms with E-state index in [1.807, 2.05) is 0 Å². The van der Waals surface area contributed by atoms with Crippen molar-refractivity contribution in [1.82, 2.24) is 0 Å². The molecule has 1 heterocycles. The molecular weight excluding hydrogens is 292 g/mol. The van der Waals surface area contributed by atoms with Crippen LogP contribution in [0.1, 0.15) is 50.5 Å². The first kappa shape index (κ1) is 15.4. The van der Waals surface area contributed by atoms with E-state index >= 15 is 0 Å². The lowest BCUT2D eigenvalue weighted by Crippen LogP contribution is -3.14. The first-order valence-corrected chi connectivity index (χ1v) is 10.6. The Kier molecular flexibility index (Phi) is 4.14. The molecule has 5 aliphatic rings. The first-order chi connectivity index (χ1) is 11.8. The van der Waals surface area contributed by atoms with Gasteiger partial charge in [-0.15, -0.1) is 0 Å². The molecule has 1 saturated heterocycles. The van der Waals surface area contributed by atoms with Crippen molar-refractivity contribution < 1.29 is 10.2 Å². The van der Waals surface area contributed by atoms with E-state index in [0.29, 0.717) is 0 Å². The summed E-state index contributed by atoms with van der Waals surface area (Å²) in [6.07, 6.45) is 10.8. The smallest absolute Gasteiger partial charge is 0.103 e. The quantitative estimate of drug-likeness (QED) is 0.839. The number of hydrogen-bond acceptors (Lipinski definition) is 0. The molecule has 1 aromatic carbocycles. The van der Waals surface area contributed by atoms with Gasteiger partial charge in [-0.1, -0.05) is 30.3 Å². The van der Waals surface area contributed by atoms with Gasteiger partial charge in [0.2, 0.25) is 0 Å². The summed E-state index contributed by atoms with van der Waals surface area (Å²) >= 11 is 0. The zero-order valence-corrected chi connectivity index (χ0v) is 15.0. The number of nitrogens with two attached hydrogens (primary N) is 1. The molecule has 1 aliphatic heterocycles. The zero-order chi connectivity index (χ0) is 15.9. The SMILES string of the molecule is c1ccc(C[NH+]2CCC([NH2+]C3C4CC5CC(C4)CC3C5)CC2)cc1. The van der Waals surface area contributed by atoms with Crippen LogP contribution in [0.15, 0.2) is 30.3 Å². The summed E-state index contributed by atoms with van der Waals surface area (Å²) in [4.78, 5) is 1.80. The summed E-state index contributed by atoms with van der Waals surface area (Å²) in [5, 5.41) is 2.88. The minimum atomic E-state index is 0.923. The van der Waals surface area contributed by atoms with E-state index in [2.05, 4.69) is 35.6 Å². The molecule has 4 aliphatic carbocycles. The Hall–Kier alpha value is -0.860. The van der Waals surface area contributed by atoms with Crippen LogP contribution in [-0.4, -0.2) is 25.2 Å². The fraction of sp³-hybridized carbons (Fsp3) is 0.727. The van der Waals surface area contributed by atoms with Crippen molar-refractivity contribution in [1.29, 1.82) is 0 Å². The van der Waals surface area contributed by atoms with Gasteiger partial charge in [-0.25, -0.2) is 0 Å². The third kappa shape index (κ3) is 3.04. The van der Waals surface area contributed by atoms with E-state index in [4.69, 9.17) is 0 Å². The van der Waals surface area contributed by atoms with Crippen LogP contribution in [0.4, 0.5) is 0 Å². The number of quaternary nitrogens is 2. The van der Waals surface area contributed by atoms with Crippen LogP contribution >= 0.6 is 0 Å². The third-order valence-corrected chi connectivity index (χ3v) is 7.83. The van der Waals surface area contributed by atoms with Crippen molar-refractivity contribution in [3.63, 3.8) is 0 Å². The van der Waals surface area contributed by atoms with Gasteiger partial charge in [-0.3, -0.25) is 0 Å². The first-order valence-electron chi connectivity index (χ1n) is 10.6. The molecule has 1 aromatic rings. The maximum absolute atomic E-state index is 2.88. The summed E-state index contributed by atoms with van der Waals surface area (Å²) in [5.41, 5.74) is 1.51. The standard InChI is InChI=1S/C22H32N2/c1-2-4-16(5-3-1)15-24-8-6-21(7-9-24)23-22-19-11-17-10-18(13-19)14-20(22)12-17/h1-5,17-23H,6-15H2/p+2. The number of rotatable bonds is 4. The van der Waals surface area contributed by atoms with Gasteiger partial charge in [-0.2, -0.15) is 0 Å². The Morgan fingerprint density at radius 3 is 2.08 bits per heavy atom. The minimum absolute atomic E-state index is 0.923. The molecule has 0 spiro atoms. The number of benzene rings is 1. The van der Waals surface area contributed by atoms with E-state index < -0.39 is 0 Å². The predicted octanol–water partition coefficient (Wildman–Crippen LogP) is 1.62. The fourth-order valence-electron chi connectivity index (χ4n) is 6.90. The fourth-order valence-corrected chi connectivity index (χ4v) is 6.90. The molecule has 2 nitrogen and oxygen atoms in total. The third-order valence-electron chi connectivity index (χ3n) is 7.83. The van der Waals surface area contributed by atoms with E-state index in [-0.39, 0.29) is 0 Å². The van der Waals surface area contributed by atoms with Gasteiger partial charge in [0.1, 0.15) is 6.54 Å². The zero-order valence-electron chi connectivity index (χ0n) is 15.0. The van der Waals surface area contributed by atoms with Crippen molar-refractivity contribution in [2.24, 2.45) is 23.7 Å². The Labute approximate surface area is 147 Å². The predicted molar refractivity (Wildman–Crippen MR) is 96.6 cm³/mol. The number of nitrogens with one attached hydrogen (secondary N) is 1. The highest BCUT2D eigenvalue weighted by Crippen LogP contribution is 2.52. The van der Waals surface area contributed by atoms with Gasteiger partial charge in [0.25, 0.3) is 0 Å². The van der Waals surface area contributed by atoms with Crippen LogP contribution in [-0.2, 0) is 6.54 Å². The van der Waals surface area contributed by atoms with E-state index in [0.717, 1.165) is 35.8 Å². The molecule has 24 heavy (non-hydrogen) atoms. The van der Waals surface area contributed by atoms with Crippen LogP contribution in [0, 0.1) is 23.7 Å².